The van der Waals surface area contributed by atoms with Crippen LogP contribution in [0.2, 0.25) is 0 Å². The predicted molar refractivity (Wildman–Crippen MR) is 58.7 cm³/mol. The van der Waals surface area contributed by atoms with E-state index < -0.39 is 0 Å². The average molecular weight is 205 g/mol. The number of imidazole rings is 1. The van der Waals surface area contributed by atoms with E-state index in [0.29, 0.717) is 0 Å². The Bertz CT molecular complexity index is 490. The molecule has 1 unspecified atom stereocenters. The zero-order chi connectivity index (χ0) is 11.0. The van der Waals surface area contributed by atoms with Crippen LogP contribution in [0.1, 0.15) is 23.1 Å². The van der Waals surface area contributed by atoms with Crippen LogP contribution in [0.15, 0.2) is 18.2 Å². The van der Waals surface area contributed by atoms with E-state index in [1.165, 1.54) is 0 Å². The van der Waals surface area contributed by atoms with E-state index in [1.54, 1.807) is 0 Å². The molecule has 80 valence electrons. The first-order valence-corrected chi connectivity index (χ1v) is 4.96. The number of nitrogens with two attached hydrogens (primary N) is 1. The highest BCUT2D eigenvalue weighted by atomic mass is 16.3. The molecular weight excluding hydrogens is 190 g/mol. The summed E-state index contributed by atoms with van der Waals surface area (Å²) in [6.07, 6.45) is 0. The second-order valence-corrected chi connectivity index (χ2v) is 3.73. The third-order valence-electron chi connectivity index (χ3n) is 2.61. The molecule has 4 nitrogen and oxygen atoms in total. The highest BCUT2D eigenvalue weighted by molar-refractivity contribution is 5.45. The number of hydrogen-bond donors (Lipinski definition) is 2. The molecule has 2 rings (SSSR count). The summed E-state index contributed by atoms with van der Waals surface area (Å²) in [5.74, 6) is 0. The van der Waals surface area contributed by atoms with Gasteiger partial charge in [0.2, 0.25) is 0 Å². The van der Waals surface area contributed by atoms with E-state index >= 15 is 0 Å². The normalized spacial score (nSPS) is 13.3. The maximum absolute atomic E-state index is 9.12. The van der Waals surface area contributed by atoms with Crippen molar-refractivity contribution in [1.82, 2.24) is 9.38 Å². The van der Waals surface area contributed by atoms with Crippen molar-refractivity contribution in [3.63, 3.8) is 0 Å². The largest absolute Gasteiger partial charge is 0.394 e. The number of aliphatic hydroxyl groups excluding tert-OH is 1. The molecule has 0 bridgehead atoms. The summed E-state index contributed by atoms with van der Waals surface area (Å²) in [6.45, 7) is 3.85. The second kappa shape index (κ2) is 3.64. The predicted octanol–water partition coefficient (Wildman–Crippen LogP) is 0.943. The van der Waals surface area contributed by atoms with Crippen LogP contribution in [0.5, 0.6) is 0 Å². The summed E-state index contributed by atoms with van der Waals surface area (Å²) in [7, 11) is 0. The topological polar surface area (TPSA) is 63.5 Å². The molecule has 0 radical (unpaired) electrons. The molecular formula is C11H15N3O. The van der Waals surface area contributed by atoms with Gasteiger partial charge in [-0.2, -0.15) is 0 Å². The molecule has 2 aromatic heterocycles. The molecule has 0 aromatic carbocycles. The van der Waals surface area contributed by atoms with Crippen LogP contribution in [0.4, 0.5) is 0 Å². The van der Waals surface area contributed by atoms with E-state index in [0.717, 1.165) is 22.7 Å². The van der Waals surface area contributed by atoms with Crippen LogP contribution in [-0.2, 0) is 0 Å². The Labute approximate surface area is 88.4 Å². The van der Waals surface area contributed by atoms with Gasteiger partial charge in [0.1, 0.15) is 5.65 Å². The number of nitrogens with zero attached hydrogens (tertiary/aromatic N) is 2. The van der Waals surface area contributed by atoms with Crippen molar-refractivity contribution in [3.05, 3.63) is 35.3 Å². The molecule has 0 aliphatic heterocycles. The Morgan fingerprint density at radius 2 is 2.20 bits per heavy atom. The fourth-order valence-corrected chi connectivity index (χ4v) is 1.92. The van der Waals surface area contributed by atoms with Crippen molar-refractivity contribution in [2.24, 2.45) is 5.73 Å². The summed E-state index contributed by atoms with van der Waals surface area (Å²) in [5.41, 5.74) is 9.60. The maximum atomic E-state index is 9.12. The summed E-state index contributed by atoms with van der Waals surface area (Å²) in [4.78, 5) is 4.41. The summed E-state index contributed by atoms with van der Waals surface area (Å²) >= 11 is 0. The van der Waals surface area contributed by atoms with Crippen molar-refractivity contribution < 1.29 is 5.11 Å². The molecule has 0 aliphatic rings. The number of rotatable bonds is 2. The van der Waals surface area contributed by atoms with Gasteiger partial charge >= 0.3 is 0 Å². The van der Waals surface area contributed by atoms with Gasteiger partial charge in [0.25, 0.3) is 0 Å². The van der Waals surface area contributed by atoms with Crippen LogP contribution in [0.3, 0.4) is 0 Å². The Morgan fingerprint density at radius 1 is 1.47 bits per heavy atom. The van der Waals surface area contributed by atoms with E-state index in [-0.39, 0.29) is 12.6 Å². The minimum absolute atomic E-state index is 0.0665. The molecule has 2 aromatic rings. The number of aliphatic hydroxyl groups is 1. The molecule has 1 atom stereocenters. The van der Waals surface area contributed by atoms with Gasteiger partial charge in [0.05, 0.1) is 24.0 Å². The van der Waals surface area contributed by atoms with Crippen molar-refractivity contribution in [2.75, 3.05) is 6.61 Å². The van der Waals surface area contributed by atoms with Gasteiger partial charge in [-0.1, -0.05) is 6.07 Å². The molecule has 0 spiro atoms. The number of hydrogen-bond acceptors (Lipinski definition) is 3. The molecule has 4 heteroatoms. The van der Waals surface area contributed by atoms with Crippen LogP contribution < -0.4 is 5.73 Å². The first-order valence-electron chi connectivity index (χ1n) is 4.96. The first kappa shape index (κ1) is 10.1. The highest BCUT2D eigenvalue weighted by Gasteiger charge is 2.15. The zero-order valence-electron chi connectivity index (χ0n) is 8.94. The van der Waals surface area contributed by atoms with Crippen LogP contribution in [-0.4, -0.2) is 21.1 Å². The minimum Gasteiger partial charge on any atom is -0.394 e. The SMILES string of the molecule is Cc1nc2cccc(C)n2c1C(N)CO. The molecule has 0 saturated heterocycles. The van der Waals surface area contributed by atoms with Gasteiger partial charge in [-0.15, -0.1) is 0 Å². The number of fused-ring (bicyclic) bond motifs is 1. The quantitative estimate of drug-likeness (QED) is 0.767. The Balaban J connectivity index is 2.76. The van der Waals surface area contributed by atoms with Gasteiger partial charge in [-0.3, -0.25) is 4.40 Å². The first-order chi connectivity index (χ1) is 7.15. The molecule has 15 heavy (non-hydrogen) atoms. The monoisotopic (exact) mass is 205 g/mol. The average Bonchev–Trinajstić information content (AvgIpc) is 2.55. The Hall–Kier alpha value is -1.39. The fourth-order valence-electron chi connectivity index (χ4n) is 1.92. The summed E-state index contributed by atoms with van der Waals surface area (Å²) in [6, 6.07) is 5.53. The molecule has 0 amide bonds. The Kier molecular flexibility index (Phi) is 2.46. The lowest BCUT2D eigenvalue weighted by molar-refractivity contribution is 0.265. The maximum Gasteiger partial charge on any atom is 0.137 e. The van der Waals surface area contributed by atoms with Gasteiger partial charge in [0.15, 0.2) is 0 Å². The lowest BCUT2D eigenvalue weighted by Gasteiger charge is -2.11. The van der Waals surface area contributed by atoms with Crippen molar-refractivity contribution in [2.45, 2.75) is 19.9 Å². The van der Waals surface area contributed by atoms with Gasteiger partial charge in [-0.05, 0) is 26.0 Å². The lowest BCUT2D eigenvalue weighted by Crippen LogP contribution is -2.18. The smallest absolute Gasteiger partial charge is 0.137 e. The molecule has 0 aliphatic carbocycles. The van der Waals surface area contributed by atoms with Crippen LogP contribution in [0, 0.1) is 13.8 Å². The standard InChI is InChI=1S/C11H15N3O/c1-7-4-3-5-10-13-8(2)11(14(7)10)9(12)6-15/h3-5,9,15H,6,12H2,1-2H3. The molecule has 2 heterocycles. The Morgan fingerprint density at radius 3 is 2.87 bits per heavy atom. The number of pyridine rings is 1. The molecule has 0 saturated carbocycles. The summed E-state index contributed by atoms with van der Waals surface area (Å²) in [5, 5.41) is 9.12. The lowest BCUT2D eigenvalue weighted by atomic mass is 10.2. The highest BCUT2D eigenvalue weighted by Crippen LogP contribution is 2.19. The van der Waals surface area contributed by atoms with Crippen molar-refractivity contribution in [1.29, 1.82) is 0 Å². The van der Waals surface area contributed by atoms with Gasteiger partial charge < -0.3 is 10.8 Å². The van der Waals surface area contributed by atoms with Gasteiger partial charge in [0, 0.05) is 5.69 Å². The number of aryl methyl sites for hydroxylation is 2. The van der Waals surface area contributed by atoms with E-state index in [4.69, 9.17) is 10.8 Å². The summed E-state index contributed by atoms with van der Waals surface area (Å²) < 4.78 is 2.00. The fraction of sp³-hybridized carbons (Fsp3) is 0.364. The van der Waals surface area contributed by atoms with Gasteiger partial charge in [-0.25, -0.2) is 4.98 Å². The van der Waals surface area contributed by atoms with E-state index in [9.17, 15) is 0 Å². The second-order valence-electron chi connectivity index (χ2n) is 3.73. The zero-order valence-corrected chi connectivity index (χ0v) is 8.94. The molecule has 3 N–H and O–H groups in total. The third kappa shape index (κ3) is 1.52. The van der Waals surface area contributed by atoms with Crippen molar-refractivity contribution in [3.8, 4) is 0 Å². The third-order valence-corrected chi connectivity index (χ3v) is 2.61. The molecule has 0 fully saturated rings. The van der Waals surface area contributed by atoms with Crippen molar-refractivity contribution >= 4 is 5.65 Å². The minimum atomic E-state index is -0.374. The van der Waals surface area contributed by atoms with Crippen LogP contribution in [0.25, 0.3) is 5.65 Å². The van der Waals surface area contributed by atoms with Crippen LogP contribution >= 0.6 is 0 Å². The number of aromatic nitrogens is 2. The van der Waals surface area contributed by atoms with E-state index in [2.05, 4.69) is 4.98 Å². The van der Waals surface area contributed by atoms with E-state index in [1.807, 2.05) is 36.4 Å².